The third-order valence-corrected chi connectivity index (χ3v) is 4.37. The summed E-state index contributed by atoms with van der Waals surface area (Å²) in [6.07, 6.45) is 5.05. The van der Waals surface area contributed by atoms with Crippen molar-refractivity contribution in [2.45, 2.75) is 32.7 Å². The van der Waals surface area contributed by atoms with Crippen molar-refractivity contribution in [3.05, 3.63) is 22.1 Å². The van der Waals surface area contributed by atoms with Crippen molar-refractivity contribution in [2.75, 3.05) is 33.2 Å². The van der Waals surface area contributed by atoms with Crippen LogP contribution in [0, 0.1) is 23.0 Å². The molecule has 1 saturated heterocycles. The first-order valence-electron chi connectivity index (χ1n) is 7.65. The quantitative estimate of drug-likeness (QED) is 0.608. The Morgan fingerprint density at radius 3 is 2.76 bits per heavy atom. The predicted octanol–water partition coefficient (Wildman–Crippen LogP) is 1.42. The topological polar surface area (TPSA) is 76.2 Å². The highest BCUT2D eigenvalue weighted by Crippen LogP contribution is 2.20. The van der Waals surface area contributed by atoms with E-state index in [1.54, 1.807) is 4.57 Å². The molecule has 2 rings (SSSR count). The molecule has 0 aliphatic carbocycles. The molecule has 1 aromatic heterocycles. The zero-order valence-corrected chi connectivity index (χ0v) is 12.9. The van der Waals surface area contributed by atoms with Gasteiger partial charge in [0.2, 0.25) is 0 Å². The van der Waals surface area contributed by atoms with Gasteiger partial charge in [-0.3, -0.25) is 4.90 Å². The molecular formula is C14H25N5O2. The molecule has 7 nitrogen and oxygen atoms in total. The Balaban J connectivity index is 1.80. The lowest BCUT2D eigenvalue weighted by Gasteiger charge is -2.31. The maximum absolute atomic E-state index is 11.0. The first-order valence-corrected chi connectivity index (χ1v) is 7.65. The second-order valence-corrected chi connectivity index (χ2v) is 5.75. The molecule has 0 saturated carbocycles. The molecule has 1 fully saturated rings. The Hall–Kier alpha value is -1.47. The largest absolute Gasteiger partial charge is 0.358 e. The average molecular weight is 295 g/mol. The van der Waals surface area contributed by atoms with Crippen LogP contribution in [0.4, 0.5) is 5.82 Å². The van der Waals surface area contributed by atoms with Gasteiger partial charge in [0.05, 0.1) is 0 Å². The minimum Gasteiger partial charge on any atom is -0.358 e. The summed E-state index contributed by atoms with van der Waals surface area (Å²) in [6, 6.07) is 0. The first kappa shape index (κ1) is 15.9. The molecule has 0 radical (unpaired) electrons. The van der Waals surface area contributed by atoms with E-state index >= 15 is 0 Å². The van der Waals surface area contributed by atoms with Crippen LogP contribution in [0.25, 0.3) is 0 Å². The zero-order valence-electron chi connectivity index (χ0n) is 12.9. The van der Waals surface area contributed by atoms with Gasteiger partial charge >= 0.3 is 5.82 Å². The highest BCUT2D eigenvalue weighted by molar-refractivity contribution is 5.18. The zero-order chi connectivity index (χ0) is 15.2. The highest BCUT2D eigenvalue weighted by atomic mass is 16.6. The van der Waals surface area contributed by atoms with E-state index < -0.39 is 0 Å². The number of nitro groups is 1. The lowest BCUT2D eigenvalue weighted by molar-refractivity contribution is -0.392. The van der Waals surface area contributed by atoms with Crippen molar-refractivity contribution in [3.8, 4) is 0 Å². The van der Waals surface area contributed by atoms with Crippen LogP contribution < -0.4 is 5.32 Å². The molecule has 1 aliphatic rings. The number of rotatable bonds is 7. The molecule has 0 amide bonds. The number of likely N-dealkylation sites (tertiary alicyclic amines) is 1. The Morgan fingerprint density at radius 2 is 2.14 bits per heavy atom. The van der Waals surface area contributed by atoms with Gasteiger partial charge in [0.25, 0.3) is 0 Å². The summed E-state index contributed by atoms with van der Waals surface area (Å²) in [6.45, 7) is 6.59. The van der Waals surface area contributed by atoms with E-state index in [-0.39, 0.29) is 10.7 Å². The van der Waals surface area contributed by atoms with E-state index in [4.69, 9.17) is 0 Å². The second-order valence-electron chi connectivity index (χ2n) is 5.75. The molecule has 0 bridgehead atoms. The van der Waals surface area contributed by atoms with E-state index in [1.807, 2.05) is 14.0 Å². The number of hydrogen-bond donors (Lipinski definition) is 1. The fraction of sp³-hybridized carbons (Fsp3) is 0.786. The van der Waals surface area contributed by atoms with Crippen molar-refractivity contribution in [1.82, 2.24) is 19.8 Å². The Bertz CT molecular complexity index is 466. The van der Waals surface area contributed by atoms with Gasteiger partial charge in [-0.1, -0.05) is 0 Å². The molecule has 2 heterocycles. The molecule has 118 valence electrons. The summed E-state index contributed by atoms with van der Waals surface area (Å²) in [5.74, 6) is 1.63. The van der Waals surface area contributed by atoms with E-state index in [2.05, 4.69) is 15.2 Å². The molecule has 1 aliphatic heterocycles. The van der Waals surface area contributed by atoms with E-state index in [0.29, 0.717) is 12.4 Å². The number of aromatic nitrogens is 2. The van der Waals surface area contributed by atoms with Gasteiger partial charge in [-0.05, 0) is 56.8 Å². The fourth-order valence-corrected chi connectivity index (χ4v) is 2.97. The van der Waals surface area contributed by atoms with E-state index in [9.17, 15) is 10.1 Å². The van der Waals surface area contributed by atoms with Crippen LogP contribution in [0.1, 0.15) is 25.1 Å². The Labute approximate surface area is 125 Å². The monoisotopic (exact) mass is 295 g/mol. The molecule has 0 unspecified atom stereocenters. The second kappa shape index (κ2) is 7.51. The summed E-state index contributed by atoms with van der Waals surface area (Å²) >= 11 is 0. The molecule has 0 aromatic carbocycles. The van der Waals surface area contributed by atoms with Crippen molar-refractivity contribution < 1.29 is 4.92 Å². The van der Waals surface area contributed by atoms with E-state index in [1.165, 1.54) is 25.5 Å². The van der Waals surface area contributed by atoms with Gasteiger partial charge in [-0.25, -0.2) is 9.55 Å². The van der Waals surface area contributed by atoms with Crippen LogP contribution in [0.5, 0.6) is 0 Å². The third-order valence-electron chi connectivity index (χ3n) is 4.37. The van der Waals surface area contributed by atoms with Crippen molar-refractivity contribution in [2.24, 2.45) is 5.92 Å². The van der Waals surface area contributed by atoms with Crippen LogP contribution in [-0.2, 0) is 6.54 Å². The van der Waals surface area contributed by atoms with Crippen LogP contribution in [0.3, 0.4) is 0 Å². The van der Waals surface area contributed by atoms with Crippen LogP contribution in [0.2, 0.25) is 0 Å². The maximum atomic E-state index is 11.0. The molecule has 1 N–H and O–H groups in total. The van der Waals surface area contributed by atoms with Crippen molar-refractivity contribution >= 4 is 5.82 Å². The van der Waals surface area contributed by atoms with Crippen LogP contribution in [0.15, 0.2) is 6.20 Å². The summed E-state index contributed by atoms with van der Waals surface area (Å²) in [5.41, 5.74) is 0. The highest BCUT2D eigenvalue weighted by Gasteiger charge is 2.21. The number of piperidine rings is 1. The fourth-order valence-electron chi connectivity index (χ4n) is 2.97. The molecule has 1 aromatic rings. The van der Waals surface area contributed by atoms with Crippen LogP contribution >= 0.6 is 0 Å². The van der Waals surface area contributed by atoms with Crippen LogP contribution in [-0.4, -0.2) is 52.6 Å². The minimum atomic E-state index is -0.357. The van der Waals surface area contributed by atoms with Gasteiger partial charge in [-0.2, -0.15) is 0 Å². The molecule has 21 heavy (non-hydrogen) atoms. The van der Waals surface area contributed by atoms with Gasteiger partial charge in [0.15, 0.2) is 5.82 Å². The summed E-state index contributed by atoms with van der Waals surface area (Å²) in [5, 5.41) is 14.2. The number of nitrogens with one attached hydrogen (secondary N) is 1. The van der Waals surface area contributed by atoms with Gasteiger partial charge in [-0.15, -0.1) is 0 Å². The minimum absolute atomic E-state index is 0.0939. The molecule has 0 spiro atoms. The van der Waals surface area contributed by atoms with Gasteiger partial charge < -0.3 is 15.4 Å². The SMILES string of the molecule is CNCCC1CCN(CCn2c([N+](=O)[O-])cnc2C)CC1. The standard InChI is InChI=1S/C14H25N5O2/c1-12-16-11-14(19(20)21)18(12)10-9-17-7-4-13(5-8-17)3-6-15-2/h11,13,15H,3-10H2,1-2H3. The van der Waals surface area contributed by atoms with Crippen molar-refractivity contribution in [1.29, 1.82) is 0 Å². The first-order chi connectivity index (χ1) is 10.1. The smallest absolute Gasteiger partial charge is 0.342 e. The lowest BCUT2D eigenvalue weighted by atomic mass is 9.93. The molecule has 7 heteroatoms. The summed E-state index contributed by atoms with van der Waals surface area (Å²) in [7, 11) is 2.00. The Kier molecular flexibility index (Phi) is 5.69. The third kappa shape index (κ3) is 4.25. The van der Waals surface area contributed by atoms with Gasteiger partial charge in [0, 0.05) is 13.5 Å². The van der Waals surface area contributed by atoms with Crippen molar-refractivity contribution in [3.63, 3.8) is 0 Å². The maximum Gasteiger partial charge on any atom is 0.342 e. The number of nitrogens with zero attached hydrogens (tertiary/aromatic N) is 4. The van der Waals surface area contributed by atoms with E-state index in [0.717, 1.165) is 32.1 Å². The number of hydrogen-bond acceptors (Lipinski definition) is 5. The molecular weight excluding hydrogens is 270 g/mol. The van der Waals surface area contributed by atoms with Gasteiger partial charge in [0.1, 0.15) is 12.7 Å². The average Bonchev–Trinajstić information content (AvgIpc) is 2.85. The predicted molar refractivity (Wildman–Crippen MR) is 81.3 cm³/mol. The number of aryl methyl sites for hydroxylation is 1. The number of imidazole rings is 1. The summed E-state index contributed by atoms with van der Waals surface area (Å²) in [4.78, 5) is 17.0. The molecule has 0 atom stereocenters. The lowest BCUT2D eigenvalue weighted by Crippen LogP contribution is -2.36. The normalized spacial score (nSPS) is 17.2. The Morgan fingerprint density at radius 1 is 1.43 bits per heavy atom. The summed E-state index contributed by atoms with van der Waals surface area (Å²) < 4.78 is 1.70.